The molecule has 0 radical (unpaired) electrons. The summed E-state index contributed by atoms with van der Waals surface area (Å²) < 4.78 is 52.3. The fourth-order valence-electron chi connectivity index (χ4n) is 3.61. The minimum absolute atomic E-state index is 0.0327. The highest BCUT2D eigenvalue weighted by molar-refractivity contribution is 7.92. The van der Waals surface area contributed by atoms with Gasteiger partial charge in [-0.05, 0) is 47.7 Å². The lowest BCUT2D eigenvalue weighted by molar-refractivity contribution is 0.0596. The highest BCUT2D eigenvalue weighted by Crippen LogP contribution is 2.55. The molecule has 1 aliphatic heterocycles. The molecule has 0 saturated heterocycles. The predicted octanol–water partition coefficient (Wildman–Crippen LogP) is 2.37. The second kappa shape index (κ2) is 6.75. The van der Waals surface area contributed by atoms with E-state index in [-0.39, 0.29) is 28.3 Å². The minimum Gasteiger partial charge on any atom is -0.492 e. The van der Waals surface area contributed by atoms with E-state index >= 15 is 0 Å². The first kappa shape index (κ1) is 18.7. The van der Waals surface area contributed by atoms with Crippen LogP contribution in [0.5, 0.6) is 5.75 Å². The molecule has 3 N–H and O–H groups in total. The van der Waals surface area contributed by atoms with Gasteiger partial charge >= 0.3 is 5.97 Å². The predicted molar refractivity (Wildman–Crippen MR) is 99.2 cm³/mol. The largest absolute Gasteiger partial charge is 0.492 e. The molecule has 0 spiro atoms. The zero-order valence-corrected chi connectivity index (χ0v) is 15.9. The van der Waals surface area contributed by atoms with Crippen molar-refractivity contribution in [3.8, 4) is 5.75 Å². The maximum Gasteiger partial charge on any atom is 0.343 e. The Hall–Kier alpha value is -2.65. The van der Waals surface area contributed by atoms with Crippen molar-refractivity contribution >= 4 is 21.7 Å². The number of fused-ring (bicyclic) bond motifs is 3. The van der Waals surface area contributed by atoms with Crippen LogP contribution in [0, 0.1) is 11.7 Å². The van der Waals surface area contributed by atoms with Crippen LogP contribution in [0.4, 0.5) is 10.1 Å². The van der Waals surface area contributed by atoms with E-state index in [1.807, 2.05) is 0 Å². The second-order valence-corrected chi connectivity index (χ2v) is 8.52. The van der Waals surface area contributed by atoms with Crippen molar-refractivity contribution in [2.45, 2.75) is 23.8 Å². The summed E-state index contributed by atoms with van der Waals surface area (Å²) in [4.78, 5) is 12.3. The van der Waals surface area contributed by atoms with Crippen molar-refractivity contribution in [1.29, 1.82) is 0 Å². The van der Waals surface area contributed by atoms with Gasteiger partial charge in [-0.25, -0.2) is 17.6 Å². The standard InChI is InChI=1S/C19H19FN2O5S/c1-26-19(23)17-15(4-3-13-14-7-11(14)9-27-18(13)17)22-28(24,25)16-5-2-12(20)6-10(16)8-21/h2-6,11,14,22H,7-9,21H2,1H3. The van der Waals surface area contributed by atoms with Crippen molar-refractivity contribution in [3.63, 3.8) is 0 Å². The van der Waals surface area contributed by atoms with Gasteiger partial charge in [0.05, 0.1) is 24.3 Å². The Labute approximate surface area is 161 Å². The molecule has 2 aliphatic rings. The zero-order chi connectivity index (χ0) is 20.1. The van der Waals surface area contributed by atoms with Gasteiger partial charge in [0.25, 0.3) is 10.0 Å². The first-order valence-electron chi connectivity index (χ1n) is 8.75. The number of hydrogen-bond donors (Lipinski definition) is 2. The Balaban J connectivity index is 1.78. The number of benzene rings is 2. The number of anilines is 1. The average molecular weight is 406 g/mol. The molecule has 2 aromatic carbocycles. The first-order chi connectivity index (χ1) is 13.4. The Morgan fingerprint density at radius 3 is 2.86 bits per heavy atom. The molecule has 2 atom stereocenters. The highest BCUT2D eigenvalue weighted by atomic mass is 32.2. The number of esters is 1. The SMILES string of the molecule is COC(=O)c1c(NS(=O)(=O)c2ccc(F)cc2CN)ccc2c1OCC1CC21. The summed E-state index contributed by atoms with van der Waals surface area (Å²) in [6.07, 6.45) is 0.980. The van der Waals surface area contributed by atoms with Gasteiger partial charge < -0.3 is 15.2 Å². The number of halogens is 1. The molecule has 0 bridgehead atoms. The van der Waals surface area contributed by atoms with E-state index in [0.717, 1.165) is 30.2 Å². The fourth-order valence-corrected chi connectivity index (χ4v) is 4.91. The number of carbonyl (C=O) groups is 1. The van der Waals surface area contributed by atoms with E-state index in [2.05, 4.69) is 4.72 Å². The molecule has 1 saturated carbocycles. The van der Waals surface area contributed by atoms with Crippen LogP contribution in [0.2, 0.25) is 0 Å². The van der Waals surface area contributed by atoms with Crippen LogP contribution in [0.1, 0.15) is 33.8 Å². The van der Waals surface area contributed by atoms with E-state index in [1.165, 1.54) is 13.2 Å². The third-order valence-corrected chi connectivity index (χ3v) is 6.58. The van der Waals surface area contributed by atoms with Crippen LogP contribution < -0.4 is 15.2 Å². The van der Waals surface area contributed by atoms with E-state index < -0.39 is 21.8 Å². The maximum absolute atomic E-state index is 13.4. The van der Waals surface area contributed by atoms with Crippen molar-refractivity contribution in [2.24, 2.45) is 11.7 Å². The van der Waals surface area contributed by atoms with Gasteiger partial charge in [0.2, 0.25) is 0 Å². The van der Waals surface area contributed by atoms with Crippen LogP contribution in [-0.2, 0) is 21.3 Å². The molecule has 2 unspecified atom stereocenters. The quantitative estimate of drug-likeness (QED) is 0.738. The van der Waals surface area contributed by atoms with Crippen LogP contribution in [0.3, 0.4) is 0 Å². The molecule has 0 aromatic heterocycles. The van der Waals surface area contributed by atoms with Crippen LogP contribution in [0.15, 0.2) is 35.2 Å². The van der Waals surface area contributed by atoms with Crippen molar-refractivity contribution in [2.75, 3.05) is 18.4 Å². The lowest BCUT2D eigenvalue weighted by Crippen LogP contribution is -2.20. The number of nitrogens with one attached hydrogen (secondary N) is 1. The summed E-state index contributed by atoms with van der Waals surface area (Å²) in [6.45, 7) is 0.321. The highest BCUT2D eigenvalue weighted by Gasteiger charge is 2.45. The first-order valence-corrected chi connectivity index (χ1v) is 10.2. The molecule has 0 amide bonds. The van der Waals surface area contributed by atoms with Crippen LogP contribution in [0.25, 0.3) is 0 Å². The smallest absolute Gasteiger partial charge is 0.343 e. The number of hydrogen-bond acceptors (Lipinski definition) is 6. The Bertz CT molecular complexity index is 1070. The molecule has 7 nitrogen and oxygen atoms in total. The second-order valence-electron chi connectivity index (χ2n) is 6.87. The summed E-state index contributed by atoms with van der Waals surface area (Å²) in [7, 11) is -2.91. The fraction of sp³-hybridized carbons (Fsp3) is 0.316. The monoisotopic (exact) mass is 406 g/mol. The van der Waals surface area contributed by atoms with E-state index in [0.29, 0.717) is 24.2 Å². The number of ether oxygens (including phenoxy) is 2. The molecule has 1 fully saturated rings. The Kier molecular flexibility index (Phi) is 4.51. The number of rotatable bonds is 5. The molecule has 9 heteroatoms. The molecule has 148 valence electrons. The summed E-state index contributed by atoms with van der Waals surface area (Å²) in [5, 5.41) is 0. The van der Waals surface area contributed by atoms with Gasteiger partial charge in [-0.15, -0.1) is 0 Å². The summed E-state index contributed by atoms with van der Waals surface area (Å²) in [5.41, 5.74) is 6.64. The van der Waals surface area contributed by atoms with Crippen molar-refractivity contribution in [3.05, 3.63) is 52.8 Å². The average Bonchev–Trinajstić information content (AvgIpc) is 3.46. The van der Waals surface area contributed by atoms with Crippen molar-refractivity contribution < 1.29 is 27.1 Å². The molecule has 1 aliphatic carbocycles. The van der Waals surface area contributed by atoms with Crippen LogP contribution >= 0.6 is 0 Å². The third kappa shape index (κ3) is 3.10. The molecule has 2 aromatic rings. The van der Waals surface area contributed by atoms with Gasteiger partial charge in [-0.3, -0.25) is 4.72 Å². The minimum atomic E-state index is -4.13. The lowest BCUT2D eigenvalue weighted by atomic mass is 10.0. The normalized spacial score (nSPS) is 19.8. The summed E-state index contributed by atoms with van der Waals surface area (Å²) in [6, 6.07) is 6.54. The Morgan fingerprint density at radius 1 is 1.36 bits per heavy atom. The van der Waals surface area contributed by atoms with Crippen molar-refractivity contribution in [1.82, 2.24) is 0 Å². The lowest BCUT2D eigenvalue weighted by Gasteiger charge is -2.22. The molecular weight excluding hydrogens is 387 g/mol. The van der Waals surface area contributed by atoms with Crippen LogP contribution in [-0.4, -0.2) is 28.1 Å². The summed E-state index contributed by atoms with van der Waals surface area (Å²) >= 11 is 0. The zero-order valence-electron chi connectivity index (χ0n) is 15.1. The molecular formula is C19H19FN2O5S. The van der Waals surface area contributed by atoms with Gasteiger partial charge in [-0.1, -0.05) is 6.07 Å². The van der Waals surface area contributed by atoms with E-state index in [9.17, 15) is 17.6 Å². The molecule has 28 heavy (non-hydrogen) atoms. The van der Waals surface area contributed by atoms with Gasteiger partial charge in [-0.2, -0.15) is 0 Å². The number of sulfonamides is 1. The maximum atomic E-state index is 13.4. The van der Waals surface area contributed by atoms with E-state index in [1.54, 1.807) is 6.07 Å². The van der Waals surface area contributed by atoms with E-state index in [4.69, 9.17) is 15.2 Å². The molecule has 1 heterocycles. The van der Waals surface area contributed by atoms with Gasteiger partial charge in [0.1, 0.15) is 17.1 Å². The number of methoxy groups -OCH3 is 1. The third-order valence-electron chi connectivity index (χ3n) is 5.12. The molecule has 4 rings (SSSR count). The Morgan fingerprint density at radius 2 is 2.14 bits per heavy atom. The summed E-state index contributed by atoms with van der Waals surface area (Å²) in [5.74, 6) is -0.183. The number of nitrogens with two attached hydrogens (primary N) is 1. The number of carbonyl (C=O) groups excluding carboxylic acids is 1. The topological polar surface area (TPSA) is 108 Å². The van der Waals surface area contributed by atoms with Gasteiger partial charge in [0, 0.05) is 12.5 Å². The van der Waals surface area contributed by atoms with Gasteiger partial charge in [0.15, 0.2) is 0 Å².